The second-order valence-corrected chi connectivity index (χ2v) is 6.85. The smallest absolute Gasteiger partial charge is 0.119 e. The third-order valence-corrected chi connectivity index (χ3v) is 4.68. The number of nitrogens with one attached hydrogen (secondary N) is 1. The van der Waals surface area contributed by atoms with Gasteiger partial charge in [-0.3, -0.25) is 0 Å². The van der Waals surface area contributed by atoms with Crippen LogP contribution in [0.25, 0.3) is 11.1 Å². The minimum Gasteiger partial charge on any atom is -0.494 e. The lowest BCUT2D eigenvalue weighted by Gasteiger charge is -2.10. The van der Waals surface area contributed by atoms with Crippen LogP contribution >= 0.6 is 0 Å². The van der Waals surface area contributed by atoms with E-state index in [9.17, 15) is 0 Å². The van der Waals surface area contributed by atoms with Crippen molar-refractivity contribution in [3.05, 3.63) is 84.4 Å². The summed E-state index contributed by atoms with van der Waals surface area (Å²) >= 11 is 0. The first-order valence-corrected chi connectivity index (χ1v) is 9.96. The molecule has 140 valence electrons. The highest BCUT2D eigenvalue weighted by Gasteiger charge is 1.99. The number of unbranched alkanes of at least 4 members (excludes halogenated alkanes) is 3. The van der Waals surface area contributed by atoms with Crippen LogP contribution < -0.4 is 10.1 Å². The topological polar surface area (TPSA) is 21.3 Å². The molecule has 0 fully saturated rings. The van der Waals surface area contributed by atoms with E-state index in [1.807, 2.05) is 18.2 Å². The quantitative estimate of drug-likeness (QED) is 0.396. The first kappa shape index (κ1) is 19.0. The second-order valence-electron chi connectivity index (χ2n) is 6.85. The van der Waals surface area contributed by atoms with E-state index in [1.165, 1.54) is 36.0 Å². The fraction of sp³-hybridized carbons (Fsp3) is 0.280. The minimum atomic E-state index is 0.806. The Labute approximate surface area is 163 Å². The summed E-state index contributed by atoms with van der Waals surface area (Å²) < 4.78 is 5.80. The highest BCUT2D eigenvalue weighted by molar-refractivity contribution is 5.63. The molecule has 2 nitrogen and oxygen atoms in total. The van der Waals surface area contributed by atoms with Gasteiger partial charge in [0.1, 0.15) is 5.75 Å². The van der Waals surface area contributed by atoms with Gasteiger partial charge in [-0.2, -0.15) is 0 Å². The molecule has 0 heterocycles. The lowest BCUT2D eigenvalue weighted by atomic mass is 10.0. The van der Waals surface area contributed by atoms with Gasteiger partial charge in [-0.25, -0.2) is 0 Å². The van der Waals surface area contributed by atoms with Gasteiger partial charge in [-0.1, -0.05) is 80.8 Å². The number of hydrogen-bond donors (Lipinski definition) is 1. The van der Waals surface area contributed by atoms with Crippen LogP contribution in [0.4, 0.5) is 5.69 Å². The molecule has 0 aliphatic carbocycles. The number of ether oxygens (including phenoxy) is 1. The second kappa shape index (κ2) is 10.4. The van der Waals surface area contributed by atoms with Gasteiger partial charge in [0.05, 0.1) is 6.61 Å². The van der Waals surface area contributed by atoms with Crippen LogP contribution in [0.3, 0.4) is 0 Å². The molecule has 3 rings (SSSR count). The van der Waals surface area contributed by atoms with Gasteiger partial charge < -0.3 is 10.1 Å². The predicted molar refractivity (Wildman–Crippen MR) is 115 cm³/mol. The van der Waals surface area contributed by atoms with E-state index < -0.39 is 0 Å². The molecular weight excluding hydrogens is 330 g/mol. The van der Waals surface area contributed by atoms with E-state index >= 15 is 0 Å². The minimum absolute atomic E-state index is 0.806. The Morgan fingerprint density at radius 2 is 1.41 bits per heavy atom. The van der Waals surface area contributed by atoms with Crippen molar-refractivity contribution >= 4 is 5.69 Å². The van der Waals surface area contributed by atoms with Crippen molar-refractivity contribution in [2.24, 2.45) is 0 Å². The van der Waals surface area contributed by atoms with Crippen LogP contribution in [-0.4, -0.2) is 6.61 Å². The molecule has 1 N–H and O–H groups in total. The standard InChI is InChI=1S/C25H29NO/c1-2-3-4-8-19-27-25-17-15-24(16-18-25)26-20-21-11-13-23(14-12-21)22-9-6-5-7-10-22/h5-7,9-18,26H,2-4,8,19-20H2,1H3. The van der Waals surface area contributed by atoms with Crippen molar-refractivity contribution in [1.82, 2.24) is 0 Å². The van der Waals surface area contributed by atoms with Gasteiger partial charge in [0, 0.05) is 12.2 Å². The average molecular weight is 360 g/mol. The van der Waals surface area contributed by atoms with E-state index in [1.54, 1.807) is 0 Å². The molecular formula is C25H29NO. The van der Waals surface area contributed by atoms with E-state index in [4.69, 9.17) is 4.74 Å². The van der Waals surface area contributed by atoms with E-state index in [0.29, 0.717) is 0 Å². The van der Waals surface area contributed by atoms with Gasteiger partial charge in [-0.05, 0) is 47.4 Å². The lowest BCUT2D eigenvalue weighted by Crippen LogP contribution is -2.00. The third kappa shape index (κ3) is 6.18. The van der Waals surface area contributed by atoms with E-state index in [2.05, 4.69) is 72.9 Å². The molecule has 0 aliphatic rings. The Morgan fingerprint density at radius 3 is 2.11 bits per heavy atom. The van der Waals surface area contributed by atoms with Crippen LogP contribution in [0, 0.1) is 0 Å². The van der Waals surface area contributed by atoms with Crippen molar-refractivity contribution < 1.29 is 4.74 Å². The number of benzene rings is 3. The molecule has 0 bridgehead atoms. The third-order valence-electron chi connectivity index (χ3n) is 4.68. The van der Waals surface area contributed by atoms with Crippen molar-refractivity contribution in [1.29, 1.82) is 0 Å². The zero-order valence-electron chi connectivity index (χ0n) is 16.2. The summed E-state index contributed by atoms with van der Waals surface area (Å²) in [5, 5.41) is 3.48. The molecule has 3 aromatic carbocycles. The SMILES string of the molecule is CCCCCCOc1ccc(NCc2ccc(-c3ccccc3)cc2)cc1. The number of hydrogen-bond acceptors (Lipinski definition) is 2. The molecule has 0 aromatic heterocycles. The van der Waals surface area contributed by atoms with E-state index in [0.717, 1.165) is 31.0 Å². The molecule has 0 saturated carbocycles. The normalized spacial score (nSPS) is 10.6. The van der Waals surface area contributed by atoms with Crippen LogP contribution in [0.1, 0.15) is 38.2 Å². The molecule has 0 atom stereocenters. The summed E-state index contributed by atoms with van der Waals surface area (Å²) in [5.41, 5.74) is 4.88. The Balaban J connectivity index is 1.46. The van der Waals surface area contributed by atoms with Gasteiger partial charge in [-0.15, -0.1) is 0 Å². The van der Waals surface area contributed by atoms with Gasteiger partial charge in [0.15, 0.2) is 0 Å². The number of rotatable bonds is 10. The Morgan fingerprint density at radius 1 is 0.704 bits per heavy atom. The van der Waals surface area contributed by atoms with Crippen molar-refractivity contribution in [2.45, 2.75) is 39.2 Å². The highest BCUT2D eigenvalue weighted by Crippen LogP contribution is 2.20. The molecule has 3 aromatic rings. The zero-order valence-corrected chi connectivity index (χ0v) is 16.2. The maximum absolute atomic E-state index is 5.80. The van der Waals surface area contributed by atoms with Crippen LogP contribution in [0.15, 0.2) is 78.9 Å². The van der Waals surface area contributed by atoms with E-state index in [-0.39, 0.29) is 0 Å². The summed E-state index contributed by atoms with van der Waals surface area (Å²) in [4.78, 5) is 0. The molecule has 2 heteroatoms. The summed E-state index contributed by atoms with van der Waals surface area (Å²) in [6, 6.07) is 27.5. The first-order valence-electron chi connectivity index (χ1n) is 9.96. The molecule has 0 aliphatic heterocycles. The molecule has 0 spiro atoms. The fourth-order valence-electron chi connectivity index (χ4n) is 3.04. The monoisotopic (exact) mass is 359 g/mol. The average Bonchev–Trinajstić information content (AvgIpc) is 2.74. The summed E-state index contributed by atoms with van der Waals surface area (Å²) in [6.45, 7) is 3.84. The number of anilines is 1. The Kier molecular flexibility index (Phi) is 7.34. The van der Waals surface area contributed by atoms with Crippen molar-refractivity contribution in [3.8, 4) is 16.9 Å². The molecule has 0 radical (unpaired) electrons. The maximum atomic E-state index is 5.80. The van der Waals surface area contributed by atoms with Gasteiger partial charge in [0.2, 0.25) is 0 Å². The van der Waals surface area contributed by atoms with Crippen molar-refractivity contribution in [3.63, 3.8) is 0 Å². The molecule has 27 heavy (non-hydrogen) atoms. The molecule has 0 saturated heterocycles. The largest absolute Gasteiger partial charge is 0.494 e. The fourth-order valence-corrected chi connectivity index (χ4v) is 3.04. The Bertz CT molecular complexity index is 779. The first-order chi connectivity index (χ1) is 13.3. The lowest BCUT2D eigenvalue weighted by molar-refractivity contribution is 0.305. The van der Waals surface area contributed by atoms with Crippen LogP contribution in [0.2, 0.25) is 0 Å². The zero-order chi connectivity index (χ0) is 18.7. The summed E-state index contributed by atoms with van der Waals surface area (Å²) in [5.74, 6) is 0.948. The summed E-state index contributed by atoms with van der Waals surface area (Å²) in [7, 11) is 0. The van der Waals surface area contributed by atoms with Crippen molar-refractivity contribution in [2.75, 3.05) is 11.9 Å². The van der Waals surface area contributed by atoms with Gasteiger partial charge in [0.25, 0.3) is 0 Å². The highest BCUT2D eigenvalue weighted by atomic mass is 16.5. The Hall–Kier alpha value is -2.74. The summed E-state index contributed by atoms with van der Waals surface area (Å²) in [6.07, 6.45) is 4.93. The maximum Gasteiger partial charge on any atom is 0.119 e. The molecule has 0 amide bonds. The van der Waals surface area contributed by atoms with Crippen LogP contribution in [-0.2, 0) is 6.54 Å². The predicted octanol–water partition coefficient (Wildman–Crippen LogP) is 6.92. The van der Waals surface area contributed by atoms with Crippen LogP contribution in [0.5, 0.6) is 5.75 Å². The van der Waals surface area contributed by atoms with Gasteiger partial charge >= 0.3 is 0 Å². The molecule has 0 unspecified atom stereocenters.